The highest BCUT2D eigenvalue weighted by Gasteiger charge is 2.46. The molecule has 6 N–H and O–H groups in total. The summed E-state index contributed by atoms with van der Waals surface area (Å²) >= 11 is 0. The molecule has 0 spiro atoms. The largest absolute Gasteiger partial charge is 0.350 e. The van der Waals surface area contributed by atoms with Crippen molar-refractivity contribution in [3.8, 4) is 0 Å². The molecule has 10 unspecified atom stereocenters. The minimum atomic E-state index is 0.0148. The Morgan fingerprint density at radius 3 is 2.39 bits per heavy atom. The Morgan fingerprint density at radius 1 is 0.903 bits per heavy atom. The maximum absolute atomic E-state index is 13.3. The maximum Gasteiger partial charge on any atom is 0.237 e. The molecule has 5 rings (SSSR count). The number of carbonyl (C=O) groups is 1. The Balaban J connectivity index is 1.17. The Hall–Kier alpha value is -0.690. The topological polar surface area (TPSA) is 91.2 Å². The first kappa shape index (κ1) is 22.1. The second kappa shape index (κ2) is 9.28. The number of piperidine rings is 2. The van der Waals surface area contributed by atoms with Crippen LogP contribution in [0.4, 0.5) is 0 Å². The van der Waals surface area contributed by atoms with E-state index in [9.17, 15) is 4.79 Å². The third-order valence-electron chi connectivity index (χ3n) is 9.49. The molecule has 3 saturated heterocycles. The first-order valence-corrected chi connectivity index (χ1v) is 13.3. The molecule has 6 nitrogen and oxygen atoms in total. The van der Waals surface area contributed by atoms with E-state index in [0.29, 0.717) is 41.8 Å². The van der Waals surface area contributed by atoms with Crippen molar-refractivity contribution in [1.82, 2.24) is 21.3 Å². The second-order valence-electron chi connectivity index (χ2n) is 11.8. The highest BCUT2D eigenvalue weighted by molar-refractivity contribution is 5.82. The van der Waals surface area contributed by atoms with Gasteiger partial charge in [-0.25, -0.2) is 0 Å². The minimum absolute atomic E-state index is 0.0148. The highest BCUT2D eigenvalue weighted by atomic mass is 16.2. The van der Waals surface area contributed by atoms with Crippen LogP contribution in [0.2, 0.25) is 0 Å². The standard InChI is InChI=1S/C25H45N5O/c1-14-4-3-5-17-11-20(29-22(14)17)25(31)30-24(16-6-7-16)23-15(2)10-19(13-28-23)18-8-9-21(26)27-12-18/h14-24,27-29H,3-13,26H2,1-2H3,(H,30,31). The van der Waals surface area contributed by atoms with E-state index >= 15 is 0 Å². The monoisotopic (exact) mass is 431 g/mol. The van der Waals surface area contributed by atoms with E-state index in [4.69, 9.17) is 5.73 Å². The molecule has 0 bridgehead atoms. The molecule has 0 aromatic rings. The molecule has 10 atom stereocenters. The Bertz CT molecular complexity index is 631. The Morgan fingerprint density at radius 2 is 1.71 bits per heavy atom. The summed E-state index contributed by atoms with van der Waals surface area (Å²) in [7, 11) is 0. The SMILES string of the molecule is CC1CCCC2CC(C(=O)NC(C3CC3)C3NCC(C4CCC(N)NC4)CC3C)NC12. The number of hydrogen-bond acceptors (Lipinski definition) is 5. The molecular formula is C25H45N5O. The summed E-state index contributed by atoms with van der Waals surface area (Å²) in [6.07, 6.45) is 11.3. The Kier molecular flexibility index (Phi) is 6.62. The number of hydrogen-bond donors (Lipinski definition) is 5. The maximum atomic E-state index is 13.3. The van der Waals surface area contributed by atoms with Crippen LogP contribution in [0.15, 0.2) is 0 Å². The summed E-state index contributed by atoms with van der Waals surface area (Å²) < 4.78 is 0. The average molecular weight is 432 g/mol. The molecule has 1 amide bonds. The highest BCUT2D eigenvalue weighted by Crippen LogP contribution is 2.40. The van der Waals surface area contributed by atoms with Gasteiger partial charge in [0.15, 0.2) is 0 Å². The number of nitrogens with one attached hydrogen (secondary N) is 4. The predicted octanol–water partition coefficient (Wildman–Crippen LogP) is 1.95. The van der Waals surface area contributed by atoms with Crippen molar-refractivity contribution in [3.63, 3.8) is 0 Å². The van der Waals surface area contributed by atoms with Gasteiger partial charge in [0.1, 0.15) is 0 Å². The molecule has 2 aliphatic carbocycles. The van der Waals surface area contributed by atoms with Gasteiger partial charge in [0.25, 0.3) is 0 Å². The fourth-order valence-electron chi connectivity index (χ4n) is 7.44. The zero-order chi connectivity index (χ0) is 21.5. The lowest BCUT2D eigenvalue weighted by atomic mass is 9.74. The lowest BCUT2D eigenvalue weighted by molar-refractivity contribution is -0.124. The van der Waals surface area contributed by atoms with Gasteiger partial charge in [0, 0.05) is 18.1 Å². The third-order valence-corrected chi connectivity index (χ3v) is 9.49. The van der Waals surface area contributed by atoms with E-state index in [-0.39, 0.29) is 18.1 Å². The third kappa shape index (κ3) is 4.83. The normalized spacial score (nSPS) is 46.9. The van der Waals surface area contributed by atoms with E-state index in [1.165, 1.54) is 44.9 Å². The smallest absolute Gasteiger partial charge is 0.237 e. The molecule has 3 aliphatic heterocycles. The van der Waals surface area contributed by atoms with Gasteiger partial charge in [-0.3, -0.25) is 4.79 Å². The summed E-state index contributed by atoms with van der Waals surface area (Å²) in [4.78, 5) is 13.3. The molecule has 3 heterocycles. The zero-order valence-corrected chi connectivity index (χ0v) is 19.6. The molecule has 0 radical (unpaired) electrons. The number of amides is 1. The molecular weight excluding hydrogens is 386 g/mol. The summed E-state index contributed by atoms with van der Waals surface area (Å²) in [6.45, 7) is 6.90. The lowest BCUT2D eigenvalue weighted by Gasteiger charge is -2.44. The quantitative estimate of drug-likeness (QED) is 0.459. The van der Waals surface area contributed by atoms with Crippen molar-refractivity contribution in [3.05, 3.63) is 0 Å². The van der Waals surface area contributed by atoms with Crippen molar-refractivity contribution in [2.75, 3.05) is 13.1 Å². The van der Waals surface area contributed by atoms with Crippen molar-refractivity contribution in [2.45, 2.75) is 102 Å². The fraction of sp³-hybridized carbons (Fsp3) is 0.960. The lowest BCUT2D eigenvalue weighted by Crippen LogP contribution is -2.61. The second-order valence-corrected chi connectivity index (χ2v) is 11.8. The van der Waals surface area contributed by atoms with Gasteiger partial charge in [-0.2, -0.15) is 0 Å². The average Bonchev–Trinajstić information content (AvgIpc) is 3.50. The number of nitrogens with two attached hydrogens (primary N) is 1. The van der Waals surface area contributed by atoms with Gasteiger partial charge < -0.3 is 27.0 Å². The van der Waals surface area contributed by atoms with Gasteiger partial charge in [0.05, 0.1) is 12.2 Å². The van der Waals surface area contributed by atoms with Gasteiger partial charge in [-0.05, 0) is 100.0 Å². The number of fused-ring (bicyclic) bond motifs is 1. The number of rotatable bonds is 5. The van der Waals surface area contributed by atoms with Crippen LogP contribution < -0.4 is 27.0 Å². The van der Waals surface area contributed by atoms with Gasteiger partial charge >= 0.3 is 0 Å². The van der Waals surface area contributed by atoms with Crippen LogP contribution in [0.25, 0.3) is 0 Å². The first-order chi connectivity index (χ1) is 15.0. The van der Waals surface area contributed by atoms with Crippen molar-refractivity contribution in [2.24, 2.45) is 41.2 Å². The van der Waals surface area contributed by atoms with E-state index in [2.05, 4.69) is 35.1 Å². The first-order valence-electron chi connectivity index (χ1n) is 13.3. The van der Waals surface area contributed by atoms with E-state index in [0.717, 1.165) is 37.8 Å². The molecule has 176 valence electrons. The summed E-state index contributed by atoms with van der Waals surface area (Å²) in [5.74, 6) is 4.39. The molecule has 31 heavy (non-hydrogen) atoms. The van der Waals surface area contributed by atoms with E-state index < -0.39 is 0 Å². The molecule has 2 saturated carbocycles. The van der Waals surface area contributed by atoms with Crippen LogP contribution in [0.1, 0.15) is 71.6 Å². The molecule has 0 aromatic heterocycles. The predicted molar refractivity (Wildman–Crippen MR) is 124 cm³/mol. The molecule has 6 heteroatoms. The van der Waals surface area contributed by atoms with E-state index in [1.54, 1.807) is 0 Å². The van der Waals surface area contributed by atoms with Crippen LogP contribution in [0, 0.1) is 35.5 Å². The minimum Gasteiger partial charge on any atom is -0.350 e. The molecule has 0 aromatic carbocycles. The van der Waals surface area contributed by atoms with Crippen LogP contribution in [-0.2, 0) is 4.79 Å². The van der Waals surface area contributed by atoms with Gasteiger partial charge in [-0.15, -0.1) is 0 Å². The van der Waals surface area contributed by atoms with Gasteiger partial charge in [-0.1, -0.05) is 20.3 Å². The summed E-state index contributed by atoms with van der Waals surface area (Å²) in [6, 6.07) is 1.27. The fourth-order valence-corrected chi connectivity index (χ4v) is 7.44. The summed E-state index contributed by atoms with van der Waals surface area (Å²) in [5, 5.41) is 14.7. The summed E-state index contributed by atoms with van der Waals surface area (Å²) in [5.41, 5.74) is 6.03. The zero-order valence-electron chi connectivity index (χ0n) is 19.6. The van der Waals surface area contributed by atoms with Crippen molar-refractivity contribution in [1.29, 1.82) is 0 Å². The number of carbonyl (C=O) groups excluding carboxylic acids is 1. The van der Waals surface area contributed by atoms with Crippen LogP contribution >= 0.6 is 0 Å². The van der Waals surface area contributed by atoms with Crippen molar-refractivity contribution < 1.29 is 4.79 Å². The van der Waals surface area contributed by atoms with Crippen molar-refractivity contribution >= 4 is 5.91 Å². The van der Waals surface area contributed by atoms with Crippen LogP contribution in [-0.4, -0.2) is 49.3 Å². The van der Waals surface area contributed by atoms with E-state index in [1.807, 2.05) is 0 Å². The van der Waals surface area contributed by atoms with Gasteiger partial charge in [0.2, 0.25) is 5.91 Å². The Labute approximate surface area is 188 Å². The molecule has 5 aliphatic rings. The van der Waals surface area contributed by atoms with Crippen LogP contribution in [0.3, 0.4) is 0 Å². The molecule has 5 fully saturated rings. The van der Waals surface area contributed by atoms with Crippen LogP contribution in [0.5, 0.6) is 0 Å².